The summed E-state index contributed by atoms with van der Waals surface area (Å²) < 4.78 is 21.2. The van der Waals surface area contributed by atoms with Gasteiger partial charge in [-0.1, -0.05) is 12.1 Å². The minimum Gasteiger partial charge on any atom is -0.496 e. The van der Waals surface area contributed by atoms with Crippen molar-refractivity contribution >= 4 is 11.5 Å². The third kappa shape index (κ3) is 2.83. The van der Waals surface area contributed by atoms with Crippen molar-refractivity contribution < 1.29 is 9.13 Å². The summed E-state index contributed by atoms with van der Waals surface area (Å²) >= 11 is 0. The summed E-state index contributed by atoms with van der Waals surface area (Å²) in [4.78, 5) is 4.37. The molecule has 0 spiro atoms. The standard InChI is InChI=1S/C19H16FN5O/c1-26-17-7-4-5-15(20)14(17)11-22-18-9-8-13(16-6-2-3-10-21-16)19-24-23-12-25(18)19/h2-10,12,22H,11H2,1H3. The summed E-state index contributed by atoms with van der Waals surface area (Å²) in [7, 11) is 1.53. The average molecular weight is 349 g/mol. The molecular weight excluding hydrogens is 333 g/mol. The summed E-state index contributed by atoms with van der Waals surface area (Å²) in [6.07, 6.45) is 3.35. The predicted molar refractivity (Wildman–Crippen MR) is 96.5 cm³/mol. The Hall–Kier alpha value is -3.48. The van der Waals surface area contributed by atoms with E-state index in [1.165, 1.54) is 13.2 Å². The third-order valence-electron chi connectivity index (χ3n) is 4.14. The molecule has 0 fully saturated rings. The number of pyridine rings is 2. The van der Waals surface area contributed by atoms with Gasteiger partial charge in [0.1, 0.15) is 23.7 Å². The highest BCUT2D eigenvalue weighted by molar-refractivity contribution is 5.76. The maximum atomic E-state index is 14.1. The smallest absolute Gasteiger partial charge is 0.171 e. The Morgan fingerprint density at radius 3 is 2.85 bits per heavy atom. The number of aromatic nitrogens is 4. The SMILES string of the molecule is COc1cccc(F)c1CNc1ccc(-c2ccccn2)c2nncn12. The van der Waals surface area contributed by atoms with Gasteiger partial charge in [0.25, 0.3) is 0 Å². The van der Waals surface area contributed by atoms with E-state index in [1.54, 1.807) is 24.7 Å². The van der Waals surface area contributed by atoms with Gasteiger partial charge in [-0.25, -0.2) is 4.39 Å². The topological polar surface area (TPSA) is 64.3 Å². The Balaban J connectivity index is 1.68. The number of nitrogens with one attached hydrogen (secondary N) is 1. The number of rotatable bonds is 5. The molecule has 0 amide bonds. The highest BCUT2D eigenvalue weighted by atomic mass is 19.1. The summed E-state index contributed by atoms with van der Waals surface area (Å²) in [5.41, 5.74) is 2.82. The van der Waals surface area contributed by atoms with Crippen LogP contribution in [0.2, 0.25) is 0 Å². The molecule has 130 valence electrons. The Morgan fingerprint density at radius 2 is 2.04 bits per heavy atom. The fourth-order valence-electron chi connectivity index (χ4n) is 2.86. The highest BCUT2D eigenvalue weighted by Gasteiger charge is 2.13. The fraction of sp³-hybridized carbons (Fsp3) is 0.105. The number of nitrogens with zero attached hydrogens (tertiary/aromatic N) is 4. The average Bonchev–Trinajstić information content (AvgIpc) is 3.17. The predicted octanol–water partition coefficient (Wildman–Crippen LogP) is 3.55. The van der Waals surface area contributed by atoms with Gasteiger partial charge in [-0.15, -0.1) is 10.2 Å². The molecule has 4 rings (SSSR count). The first kappa shape index (κ1) is 16.0. The molecule has 3 heterocycles. The van der Waals surface area contributed by atoms with Gasteiger partial charge < -0.3 is 10.1 Å². The second kappa shape index (κ2) is 6.79. The molecule has 0 aliphatic carbocycles. The zero-order chi connectivity index (χ0) is 17.9. The quantitative estimate of drug-likeness (QED) is 0.597. The Kier molecular flexibility index (Phi) is 4.18. The molecule has 0 atom stereocenters. The lowest BCUT2D eigenvalue weighted by Gasteiger charge is -2.13. The van der Waals surface area contributed by atoms with E-state index in [2.05, 4.69) is 20.5 Å². The number of halogens is 1. The van der Waals surface area contributed by atoms with Gasteiger partial charge in [0.05, 0.1) is 12.8 Å². The van der Waals surface area contributed by atoms with E-state index in [9.17, 15) is 4.39 Å². The van der Waals surface area contributed by atoms with Crippen LogP contribution >= 0.6 is 0 Å². The largest absolute Gasteiger partial charge is 0.496 e. The van der Waals surface area contributed by atoms with Crippen LogP contribution < -0.4 is 10.1 Å². The molecule has 0 bridgehead atoms. The van der Waals surface area contributed by atoms with Crippen molar-refractivity contribution in [2.75, 3.05) is 12.4 Å². The maximum absolute atomic E-state index is 14.1. The number of ether oxygens (including phenoxy) is 1. The zero-order valence-electron chi connectivity index (χ0n) is 14.1. The van der Waals surface area contributed by atoms with Gasteiger partial charge in [0, 0.05) is 23.9 Å². The van der Waals surface area contributed by atoms with E-state index in [0.717, 1.165) is 17.1 Å². The van der Waals surface area contributed by atoms with Crippen LogP contribution in [0.15, 0.2) is 61.1 Å². The van der Waals surface area contributed by atoms with Gasteiger partial charge in [-0.3, -0.25) is 9.38 Å². The molecule has 1 aromatic carbocycles. The Labute approximate surface area is 149 Å². The molecule has 0 unspecified atom stereocenters. The van der Waals surface area contributed by atoms with Crippen molar-refractivity contribution in [3.63, 3.8) is 0 Å². The van der Waals surface area contributed by atoms with Gasteiger partial charge >= 0.3 is 0 Å². The first-order chi connectivity index (χ1) is 12.8. The van der Waals surface area contributed by atoms with Crippen molar-refractivity contribution in [2.24, 2.45) is 0 Å². The molecule has 4 aromatic rings. The molecular formula is C19H16FN5O. The minimum atomic E-state index is -0.318. The van der Waals surface area contributed by atoms with Crippen molar-refractivity contribution in [1.82, 2.24) is 19.6 Å². The van der Waals surface area contributed by atoms with E-state index >= 15 is 0 Å². The molecule has 6 nitrogen and oxygen atoms in total. The molecule has 0 saturated carbocycles. The van der Waals surface area contributed by atoms with Gasteiger partial charge in [-0.2, -0.15) is 0 Å². The lowest BCUT2D eigenvalue weighted by molar-refractivity contribution is 0.405. The summed E-state index contributed by atoms with van der Waals surface area (Å²) in [5, 5.41) is 11.4. The van der Waals surface area contributed by atoms with Crippen LogP contribution in [0.4, 0.5) is 10.2 Å². The molecule has 0 saturated heterocycles. The second-order valence-corrected chi connectivity index (χ2v) is 5.65. The normalized spacial score (nSPS) is 10.8. The third-order valence-corrected chi connectivity index (χ3v) is 4.14. The molecule has 0 aliphatic rings. The van der Waals surface area contributed by atoms with E-state index < -0.39 is 0 Å². The van der Waals surface area contributed by atoms with Crippen LogP contribution in [0.1, 0.15) is 5.56 Å². The summed E-state index contributed by atoms with van der Waals surface area (Å²) in [6, 6.07) is 14.3. The molecule has 0 aliphatic heterocycles. The van der Waals surface area contributed by atoms with Gasteiger partial charge in [-0.05, 0) is 36.4 Å². The van der Waals surface area contributed by atoms with Crippen molar-refractivity contribution in [3.8, 4) is 17.0 Å². The van der Waals surface area contributed by atoms with Crippen LogP contribution in [0, 0.1) is 5.82 Å². The van der Waals surface area contributed by atoms with E-state index in [-0.39, 0.29) is 12.4 Å². The van der Waals surface area contributed by atoms with Crippen molar-refractivity contribution in [2.45, 2.75) is 6.54 Å². The monoisotopic (exact) mass is 349 g/mol. The van der Waals surface area contributed by atoms with Gasteiger partial charge in [0.2, 0.25) is 0 Å². The number of benzene rings is 1. The fourth-order valence-corrected chi connectivity index (χ4v) is 2.86. The minimum absolute atomic E-state index is 0.270. The van der Waals surface area contributed by atoms with Crippen LogP contribution in [0.3, 0.4) is 0 Å². The number of hydrogen-bond donors (Lipinski definition) is 1. The lowest BCUT2D eigenvalue weighted by atomic mass is 10.1. The van der Waals surface area contributed by atoms with Crippen LogP contribution in [0.5, 0.6) is 5.75 Å². The molecule has 7 heteroatoms. The number of fused-ring (bicyclic) bond motifs is 1. The maximum Gasteiger partial charge on any atom is 0.171 e. The molecule has 26 heavy (non-hydrogen) atoms. The van der Waals surface area contributed by atoms with Crippen molar-refractivity contribution in [3.05, 3.63) is 72.4 Å². The summed E-state index contributed by atoms with van der Waals surface area (Å²) in [5.74, 6) is 0.930. The van der Waals surface area contributed by atoms with E-state index in [0.29, 0.717) is 17.0 Å². The number of hydrogen-bond acceptors (Lipinski definition) is 5. The Bertz CT molecular complexity index is 1050. The highest BCUT2D eigenvalue weighted by Crippen LogP contribution is 2.26. The van der Waals surface area contributed by atoms with E-state index in [1.807, 2.05) is 34.7 Å². The second-order valence-electron chi connectivity index (χ2n) is 5.65. The number of methoxy groups -OCH3 is 1. The van der Waals surface area contributed by atoms with Crippen molar-refractivity contribution in [1.29, 1.82) is 0 Å². The number of anilines is 1. The first-order valence-corrected chi connectivity index (χ1v) is 8.07. The van der Waals surface area contributed by atoms with Crippen LogP contribution in [-0.2, 0) is 6.54 Å². The van der Waals surface area contributed by atoms with Crippen LogP contribution in [0.25, 0.3) is 16.9 Å². The molecule has 1 N–H and O–H groups in total. The molecule has 0 radical (unpaired) electrons. The Morgan fingerprint density at radius 1 is 1.12 bits per heavy atom. The zero-order valence-corrected chi connectivity index (χ0v) is 14.1. The first-order valence-electron chi connectivity index (χ1n) is 8.07. The summed E-state index contributed by atoms with van der Waals surface area (Å²) in [6.45, 7) is 0.270. The van der Waals surface area contributed by atoms with Gasteiger partial charge in [0.15, 0.2) is 5.65 Å². The molecule has 3 aromatic heterocycles. The lowest BCUT2D eigenvalue weighted by Crippen LogP contribution is -2.07. The van der Waals surface area contributed by atoms with E-state index in [4.69, 9.17) is 4.74 Å². The van der Waals surface area contributed by atoms with Crippen LogP contribution in [-0.4, -0.2) is 26.7 Å².